The molecule has 0 amide bonds. The lowest BCUT2D eigenvalue weighted by atomic mass is 9.83. The lowest BCUT2D eigenvalue weighted by molar-refractivity contribution is -0.943. The molecule has 0 aromatic heterocycles. The van der Waals surface area contributed by atoms with E-state index in [1.807, 2.05) is 0 Å². The van der Waals surface area contributed by atoms with Crippen molar-refractivity contribution in [1.29, 1.82) is 0 Å². The van der Waals surface area contributed by atoms with Crippen molar-refractivity contribution in [2.75, 3.05) is 19.6 Å². The summed E-state index contributed by atoms with van der Waals surface area (Å²) in [4.78, 5) is 0. The van der Waals surface area contributed by atoms with Crippen LogP contribution >= 0.6 is 0 Å². The molecule has 1 aliphatic heterocycles. The quantitative estimate of drug-likeness (QED) is 0.648. The van der Waals surface area contributed by atoms with Crippen LogP contribution in [0, 0.1) is 5.92 Å². The van der Waals surface area contributed by atoms with Crippen LogP contribution in [0.15, 0.2) is 0 Å². The van der Waals surface area contributed by atoms with Gasteiger partial charge in [0.2, 0.25) is 0 Å². The summed E-state index contributed by atoms with van der Waals surface area (Å²) in [6.45, 7) is 9.25. The number of hydrogen-bond donors (Lipinski definition) is 0. The van der Waals surface area contributed by atoms with Crippen molar-refractivity contribution in [3.8, 4) is 0 Å². The van der Waals surface area contributed by atoms with E-state index in [4.69, 9.17) is 0 Å². The van der Waals surface area contributed by atoms with E-state index in [-0.39, 0.29) is 5.48 Å². The Morgan fingerprint density at radius 1 is 1.00 bits per heavy atom. The van der Waals surface area contributed by atoms with E-state index in [9.17, 15) is 0 Å². The molecule has 0 bridgehead atoms. The topological polar surface area (TPSA) is 30.0 Å². The van der Waals surface area contributed by atoms with Crippen LogP contribution in [0.1, 0.15) is 52.4 Å². The smallest absolute Gasteiger partial charge is 0.0916 e. The Kier molecular flexibility index (Phi) is 4.60. The van der Waals surface area contributed by atoms with Crippen LogP contribution in [0.25, 0.3) is 0 Å². The van der Waals surface area contributed by atoms with Gasteiger partial charge in [-0.25, -0.2) is 0 Å². The fourth-order valence-corrected chi connectivity index (χ4v) is 3.96. The summed E-state index contributed by atoms with van der Waals surface area (Å²) in [6, 6.07) is 1.01. The SMILES string of the molecule is CC[N+]1(C2CCCCC2C)CCCC1.[OH-]. The summed E-state index contributed by atoms with van der Waals surface area (Å²) in [7, 11) is 0. The second kappa shape index (κ2) is 5.31. The number of nitrogens with zero attached hydrogens (tertiary/aromatic N) is 1. The highest BCUT2D eigenvalue weighted by Crippen LogP contribution is 2.35. The minimum absolute atomic E-state index is 0. The van der Waals surface area contributed by atoms with E-state index in [0.717, 1.165) is 12.0 Å². The van der Waals surface area contributed by atoms with Gasteiger partial charge in [0.1, 0.15) is 0 Å². The van der Waals surface area contributed by atoms with Gasteiger partial charge in [-0.2, -0.15) is 0 Å². The molecule has 0 aromatic rings. The van der Waals surface area contributed by atoms with Gasteiger partial charge in [-0.05, 0) is 26.2 Å². The minimum Gasteiger partial charge on any atom is -0.870 e. The summed E-state index contributed by atoms with van der Waals surface area (Å²) in [5, 5.41) is 0. The first-order chi connectivity index (χ1) is 6.78. The average molecular weight is 213 g/mol. The number of rotatable bonds is 2. The van der Waals surface area contributed by atoms with E-state index < -0.39 is 0 Å². The molecule has 2 unspecified atom stereocenters. The van der Waals surface area contributed by atoms with Gasteiger partial charge in [0.05, 0.1) is 25.7 Å². The molecule has 2 rings (SSSR count). The Morgan fingerprint density at radius 2 is 1.60 bits per heavy atom. The second-order valence-electron chi connectivity index (χ2n) is 5.52. The predicted molar refractivity (Wildman–Crippen MR) is 63.1 cm³/mol. The monoisotopic (exact) mass is 213 g/mol. The fourth-order valence-electron chi connectivity index (χ4n) is 3.96. The molecular weight excluding hydrogens is 186 g/mol. The molecule has 2 atom stereocenters. The van der Waals surface area contributed by atoms with Gasteiger partial charge in [0.25, 0.3) is 0 Å². The molecule has 90 valence electrons. The molecular formula is C13H27NO. The maximum atomic E-state index is 2.50. The van der Waals surface area contributed by atoms with Crippen LogP contribution in [-0.4, -0.2) is 35.6 Å². The third-order valence-electron chi connectivity index (χ3n) is 4.86. The highest BCUT2D eigenvalue weighted by atomic mass is 16.0. The fraction of sp³-hybridized carbons (Fsp3) is 1.00. The van der Waals surface area contributed by atoms with E-state index in [1.54, 1.807) is 0 Å². The zero-order chi connectivity index (χ0) is 10.0. The summed E-state index contributed by atoms with van der Waals surface area (Å²) in [6.07, 6.45) is 8.95. The van der Waals surface area contributed by atoms with Crippen molar-refractivity contribution in [2.24, 2.45) is 5.92 Å². The molecule has 2 fully saturated rings. The Morgan fingerprint density at radius 3 is 2.13 bits per heavy atom. The van der Waals surface area contributed by atoms with Crippen LogP contribution < -0.4 is 0 Å². The van der Waals surface area contributed by atoms with Gasteiger partial charge < -0.3 is 9.96 Å². The first-order valence-corrected chi connectivity index (χ1v) is 6.64. The number of hydrogen-bond acceptors (Lipinski definition) is 1. The molecule has 1 heterocycles. The zero-order valence-electron chi connectivity index (χ0n) is 10.4. The largest absolute Gasteiger partial charge is 0.870 e. The lowest BCUT2D eigenvalue weighted by Gasteiger charge is -2.45. The van der Waals surface area contributed by atoms with Crippen LogP contribution in [0.2, 0.25) is 0 Å². The van der Waals surface area contributed by atoms with Gasteiger partial charge in [-0.1, -0.05) is 13.3 Å². The van der Waals surface area contributed by atoms with E-state index in [2.05, 4.69) is 13.8 Å². The second-order valence-corrected chi connectivity index (χ2v) is 5.52. The van der Waals surface area contributed by atoms with Crippen LogP contribution in [-0.2, 0) is 0 Å². The van der Waals surface area contributed by atoms with E-state index in [1.165, 1.54) is 62.6 Å². The Balaban J connectivity index is 0.00000112. The molecule has 15 heavy (non-hydrogen) atoms. The maximum Gasteiger partial charge on any atom is 0.0916 e. The molecule has 0 aromatic carbocycles. The Bertz CT molecular complexity index is 187. The molecule has 1 N–H and O–H groups in total. The van der Waals surface area contributed by atoms with E-state index in [0.29, 0.717) is 0 Å². The van der Waals surface area contributed by atoms with Gasteiger partial charge >= 0.3 is 0 Å². The van der Waals surface area contributed by atoms with Gasteiger partial charge in [0, 0.05) is 18.8 Å². The number of likely N-dealkylation sites (tertiary alicyclic amines) is 1. The molecule has 2 aliphatic rings. The Labute approximate surface area is 94.6 Å². The van der Waals surface area contributed by atoms with Gasteiger partial charge in [-0.15, -0.1) is 0 Å². The highest BCUT2D eigenvalue weighted by Gasteiger charge is 2.41. The first-order valence-electron chi connectivity index (χ1n) is 6.64. The molecule has 0 radical (unpaired) electrons. The average Bonchev–Trinajstić information content (AvgIpc) is 2.68. The lowest BCUT2D eigenvalue weighted by Crippen LogP contribution is -2.56. The van der Waals surface area contributed by atoms with E-state index >= 15 is 0 Å². The molecule has 1 saturated heterocycles. The summed E-state index contributed by atoms with van der Waals surface area (Å²) >= 11 is 0. The minimum atomic E-state index is 0. The van der Waals surface area contributed by atoms with Crippen molar-refractivity contribution >= 4 is 0 Å². The normalized spacial score (nSPS) is 34.8. The van der Waals surface area contributed by atoms with Crippen molar-refractivity contribution < 1.29 is 9.96 Å². The van der Waals surface area contributed by atoms with Crippen molar-refractivity contribution in [3.63, 3.8) is 0 Å². The molecule has 2 heteroatoms. The summed E-state index contributed by atoms with van der Waals surface area (Å²) in [5.74, 6) is 0.988. The first kappa shape index (κ1) is 13.0. The van der Waals surface area contributed by atoms with Crippen LogP contribution in [0.5, 0.6) is 0 Å². The highest BCUT2D eigenvalue weighted by molar-refractivity contribution is 4.75. The molecule has 1 aliphatic carbocycles. The molecule has 1 saturated carbocycles. The molecule has 0 spiro atoms. The zero-order valence-corrected chi connectivity index (χ0v) is 10.4. The van der Waals surface area contributed by atoms with Crippen LogP contribution in [0.3, 0.4) is 0 Å². The predicted octanol–water partition coefficient (Wildman–Crippen LogP) is 3.02. The van der Waals surface area contributed by atoms with Crippen LogP contribution in [0.4, 0.5) is 0 Å². The Hall–Kier alpha value is -0.0800. The van der Waals surface area contributed by atoms with Gasteiger partial charge in [-0.3, -0.25) is 0 Å². The van der Waals surface area contributed by atoms with Crippen molar-refractivity contribution in [1.82, 2.24) is 0 Å². The third-order valence-corrected chi connectivity index (χ3v) is 4.86. The standard InChI is InChI=1S/C13H26N.H2O/c1-3-14(10-6-7-11-14)13-9-5-4-8-12(13)2;/h12-13H,3-11H2,1-2H3;1H2/q+1;/p-1. The summed E-state index contributed by atoms with van der Waals surface area (Å²) in [5.41, 5.74) is 0. The van der Waals surface area contributed by atoms with Crippen molar-refractivity contribution in [3.05, 3.63) is 0 Å². The third kappa shape index (κ3) is 2.36. The van der Waals surface area contributed by atoms with Gasteiger partial charge in [0.15, 0.2) is 0 Å². The van der Waals surface area contributed by atoms with Crippen molar-refractivity contribution in [2.45, 2.75) is 58.4 Å². The number of quaternary nitrogens is 1. The maximum absolute atomic E-state index is 2.50. The molecule has 2 nitrogen and oxygen atoms in total. The summed E-state index contributed by atoms with van der Waals surface area (Å²) < 4.78 is 1.47.